The molecule has 0 aliphatic heterocycles. The van der Waals surface area contributed by atoms with Gasteiger partial charge in [-0.2, -0.15) is 0 Å². The second-order valence-electron chi connectivity index (χ2n) is 10.6. The highest BCUT2D eigenvalue weighted by molar-refractivity contribution is 7.89. The summed E-state index contributed by atoms with van der Waals surface area (Å²) >= 11 is 0. The van der Waals surface area contributed by atoms with E-state index < -0.39 is 32.7 Å². The van der Waals surface area contributed by atoms with E-state index in [1.54, 1.807) is 32.7 Å². The number of alkyl carbamates (subject to hydrolysis) is 1. The SMILES string of the molecule is CN(C(=O)[C@@H](NC(=O)OC(C)(C)C)C1CCC(NS(=O)(=O)c2ccc([N+](=O)[O-])cc2)CC1)C1CCC1. The predicted octanol–water partition coefficient (Wildman–Crippen LogP) is 3.34. The van der Waals surface area contributed by atoms with Crippen LogP contribution in [0.3, 0.4) is 0 Å². The first-order valence-corrected chi connectivity index (χ1v) is 13.8. The predicted molar refractivity (Wildman–Crippen MR) is 133 cm³/mol. The second kappa shape index (κ2) is 11.1. The van der Waals surface area contributed by atoms with Gasteiger partial charge in [-0.25, -0.2) is 17.9 Å². The largest absolute Gasteiger partial charge is 0.444 e. The zero-order chi connectivity index (χ0) is 26.7. The first kappa shape index (κ1) is 27.9. The molecule has 0 radical (unpaired) electrons. The molecular weight excluding hydrogens is 488 g/mol. The Morgan fingerprint density at radius 1 is 1.08 bits per heavy atom. The van der Waals surface area contributed by atoms with Crippen molar-refractivity contribution >= 4 is 27.7 Å². The molecule has 0 bridgehead atoms. The average Bonchev–Trinajstić information content (AvgIpc) is 2.75. The van der Waals surface area contributed by atoms with Gasteiger partial charge in [0.2, 0.25) is 15.9 Å². The molecule has 36 heavy (non-hydrogen) atoms. The maximum atomic E-state index is 13.3. The Morgan fingerprint density at radius 3 is 2.14 bits per heavy atom. The van der Waals surface area contributed by atoms with Crippen LogP contribution in [-0.4, -0.2) is 61.0 Å². The van der Waals surface area contributed by atoms with Crippen molar-refractivity contribution in [3.63, 3.8) is 0 Å². The number of sulfonamides is 1. The van der Waals surface area contributed by atoms with E-state index in [4.69, 9.17) is 4.74 Å². The molecule has 0 aromatic heterocycles. The lowest BCUT2D eigenvalue weighted by molar-refractivity contribution is -0.384. The van der Waals surface area contributed by atoms with Crippen LogP contribution in [0.5, 0.6) is 0 Å². The first-order chi connectivity index (χ1) is 16.8. The van der Waals surface area contributed by atoms with Crippen LogP contribution in [0, 0.1) is 16.0 Å². The van der Waals surface area contributed by atoms with Crippen molar-refractivity contribution < 1.29 is 27.7 Å². The van der Waals surface area contributed by atoms with Crippen molar-refractivity contribution in [1.29, 1.82) is 0 Å². The maximum absolute atomic E-state index is 13.3. The monoisotopic (exact) mass is 524 g/mol. The van der Waals surface area contributed by atoms with Crippen LogP contribution in [0.2, 0.25) is 0 Å². The Labute approximate surface area is 212 Å². The molecule has 0 unspecified atom stereocenters. The van der Waals surface area contributed by atoms with Crippen molar-refractivity contribution in [1.82, 2.24) is 14.9 Å². The van der Waals surface area contributed by atoms with E-state index in [1.807, 2.05) is 0 Å². The number of ether oxygens (including phenoxy) is 1. The number of nitrogens with one attached hydrogen (secondary N) is 2. The average molecular weight is 525 g/mol. The number of rotatable bonds is 8. The van der Waals surface area contributed by atoms with Gasteiger partial charge >= 0.3 is 6.09 Å². The van der Waals surface area contributed by atoms with E-state index in [0.717, 1.165) is 31.4 Å². The van der Waals surface area contributed by atoms with E-state index in [9.17, 15) is 28.1 Å². The molecule has 11 nitrogen and oxygen atoms in total. The molecule has 200 valence electrons. The standard InChI is InChI=1S/C24H36N4O7S/c1-24(2,3)35-23(30)25-21(22(29)27(4)18-6-5-7-18)16-8-10-17(11-9-16)26-36(33,34)20-14-12-19(13-15-20)28(31)32/h12-18,21,26H,5-11H2,1-4H3,(H,25,30)/t16?,17?,21-/m0/s1. The van der Waals surface area contributed by atoms with Crippen molar-refractivity contribution in [2.75, 3.05) is 7.05 Å². The Hall–Kier alpha value is -2.73. The number of non-ortho nitro benzene ring substituents is 1. The molecule has 2 amide bonds. The third-order valence-corrected chi connectivity index (χ3v) is 8.37. The Bertz CT molecular complexity index is 1060. The van der Waals surface area contributed by atoms with Crippen molar-refractivity contribution in [3.8, 4) is 0 Å². The molecule has 1 aromatic rings. The number of hydrogen-bond acceptors (Lipinski definition) is 7. The highest BCUT2D eigenvalue weighted by Crippen LogP contribution is 2.31. The number of nitro benzene ring substituents is 1. The summed E-state index contributed by atoms with van der Waals surface area (Å²) in [6.45, 7) is 5.27. The number of benzene rings is 1. The minimum absolute atomic E-state index is 0.0445. The molecule has 2 aliphatic rings. The Balaban J connectivity index is 1.65. The maximum Gasteiger partial charge on any atom is 0.408 e. The second-order valence-corrected chi connectivity index (χ2v) is 12.4. The lowest BCUT2D eigenvalue weighted by Crippen LogP contribution is -2.56. The summed E-state index contributed by atoms with van der Waals surface area (Å²) in [7, 11) is -2.09. The fourth-order valence-electron chi connectivity index (χ4n) is 4.59. The van der Waals surface area contributed by atoms with Crippen LogP contribution in [-0.2, 0) is 19.6 Å². The van der Waals surface area contributed by atoms with Gasteiger partial charge in [0, 0.05) is 31.3 Å². The van der Waals surface area contributed by atoms with Crippen LogP contribution in [0.4, 0.5) is 10.5 Å². The van der Waals surface area contributed by atoms with Crippen LogP contribution < -0.4 is 10.0 Å². The normalized spacial score (nSPS) is 21.7. The van der Waals surface area contributed by atoms with Gasteiger partial charge in [-0.15, -0.1) is 0 Å². The van der Waals surface area contributed by atoms with Crippen molar-refractivity contribution in [3.05, 3.63) is 34.4 Å². The number of likely N-dealkylation sites (N-methyl/N-ethyl adjacent to an activating group) is 1. The van der Waals surface area contributed by atoms with E-state index >= 15 is 0 Å². The highest BCUT2D eigenvalue weighted by Gasteiger charge is 2.39. The summed E-state index contributed by atoms with van der Waals surface area (Å²) < 4.78 is 33.6. The summed E-state index contributed by atoms with van der Waals surface area (Å²) in [4.78, 5) is 37.8. The van der Waals surface area contributed by atoms with E-state index in [0.29, 0.717) is 25.7 Å². The molecule has 2 saturated carbocycles. The smallest absolute Gasteiger partial charge is 0.408 e. The first-order valence-electron chi connectivity index (χ1n) is 12.3. The van der Waals surface area contributed by atoms with E-state index in [-0.39, 0.29) is 34.5 Å². The van der Waals surface area contributed by atoms with Gasteiger partial charge in [0.25, 0.3) is 5.69 Å². The number of hydrogen-bond donors (Lipinski definition) is 2. The van der Waals surface area contributed by atoms with Crippen LogP contribution in [0.1, 0.15) is 65.7 Å². The summed E-state index contributed by atoms with van der Waals surface area (Å²) in [5, 5.41) is 13.6. The topological polar surface area (TPSA) is 148 Å². The number of carbonyl (C=O) groups is 2. The van der Waals surface area contributed by atoms with Gasteiger partial charge in [0.1, 0.15) is 11.6 Å². The third kappa shape index (κ3) is 7.16. The Morgan fingerprint density at radius 2 is 1.67 bits per heavy atom. The number of amides is 2. The van der Waals surface area contributed by atoms with Gasteiger partial charge in [0.05, 0.1) is 9.82 Å². The van der Waals surface area contributed by atoms with Gasteiger partial charge < -0.3 is 15.0 Å². The molecule has 2 fully saturated rings. The zero-order valence-corrected chi connectivity index (χ0v) is 22.0. The fourth-order valence-corrected chi connectivity index (χ4v) is 5.90. The van der Waals surface area contributed by atoms with Gasteiger partial charge in [-0.1, -0.05) is 0 Å². The molecule has 2 N–H and O–H groups in total. The van der Waals surface area contributed by atoms with Crippen LogP contribution >= 0.6 is 0 Å². The van der Waals surface area contributed by atoms with Gasteiger partial charge in [0.15, 0.2) is 0 Å². The summed E-state index contributed by atoms with van der Waals surface area (Å²) in [5.74, 6) is -0.312. The van der Waals surface area contributed by atoms with E-state index in [1.165, 1.54) is 12.1 Å². The quantitative estimate of drug-likeness (QED) is 0.391. The van der Waals surface area contributed by atoms with E-state index in [2.05, 4.69) is 10.0 Å². The molecule has 0 spiro atoms. The van der Waals surface area contributed by atoms with Gasteiger partial charge in [-0.3, -0.25) is 14.9 Å². The van der Waals surface area contributed by atoms with Crippen LogP contribution in [0.15, 0.2) is 29.2 Å². The Kier molecular flexibility index (Phi) is 8.60. The lowest BCUT2D eigenvalue weighted by Gasteiger charge is -2.40. The molecule has 3 rings (SSSR count). The number of nitrogens with zero attached hydrogens (tertiary/aromatic N) is 2. The lowest BCUT2D eigenvalue weighted by atomic mass is 9.80. The summed E-state index contributed by atoms with van der Waals surface area (Å²) in [5.41, 5.74) is -0.889. The minimum Gasteiger partial charge on any atom is -0.444 e. The minimum atomic E-state index is -3.85. The molecule has 2 aliphatic carbocycles. The van der Waals surface area contributed by atoms with Crippen molar-refractivity contribution in [2.45, 2.75) is 94.3 Å². The number of carbonyl (C=O) groups excluding carboxylic acids is 2. The summed E-state index contributed by atoms with van der Waals surface area (Å²) in [6, 6.07) is 3.81. The fraction of sp³-hybridized carbons (Fsp3) is 0.667. The molecule has 0 saturated heterocycles. The van der Waals surface area contributed by atoms with Gasteiger partial charge in [-0.05, 0) is 83.8 Å². The van der Waals surface area contributed by atoms with Crippen LogP contribution in [0.25, 0.3) is 0 Å². The number of nitro groups is 1. The zero-order valence-electron chi connectivity index (χ0n) is 21.2. The highest BCUT2D eigenvalue weighted by atomic mass is 32.2. The van der Waals surface area contributed by atoms with Crippen molar-refractivity contribution in [2.24, 2.45) is 5.92 Å². The molecule has 12 heteroatoms. The molecule has 1 aromatic carbocycles. The molecular formula is C24H36N4O7S. The molecule has 0 heterocycles. The molecule has 1 atom stereocenters. The third-order valence-electron chi connectivity index (χ3n) is 6.83. The summed E-state index contributed by atoms with van der Waals surface area (Å²) in [6.07, 6.45) is 4.37.